The van der Waals surface area contributed by atoms with Gasteiger partial charge in [0.15, 0.2) is 0 Å². The zero-order valence-corrected chi connectivity index (χ0v) is 11.8. The zero-order valence-electron chi connectivity index (χ0n) is 11.8. The van der Waals surface area contributed by atoms with Crippen molar-refractivity contribution in [1.82, 2.24) is 4.57 Å². The fourth-order valence-corrected chi connectivity index (χ4v) is 2.23. The van der Waals surface area contributed by atoms with Gasteiger partial charge in [0, 0.05) is 18.2 Å². The van der Waals surface area contributed by atoms with Crippen LogP contribution < -0.4 is 11.3 Å². The van der Waals surface area contributed by atoms with Gasteiger partial charge in [0.2, 0.25) is 0 Å². The van der Waals surface area contributed by atoms with Crippen LogP contribution in [0, 0.1) is 5.82 Å². The molecule has 0 aliphatic carbocycles. The molecule has 0 fully saturated rings. The number of aromatic nitrogens is 1. The first-order chi connectivity index (χ1) is 9.58. The molecule has 1 aromatic heterocycles. The van der Waals surface area contributed by atoms with E-state index in [1.807, 2.05) is 19.9 Å². The second-order valence-electron chi connectivity index (χ2n) is 4.89. The molecule has 0 aliphatic heterocycles. The molecule has 1 heterocycles. The monoisotopic (exact) mass is 274 g/mol. The van der Waals surface area contributed by atoms with E-state index in [9.17, 15) is 9.18 Å². The van der Waals surface area contributed by atoms with E-state index in [2.05, 4.69) is 0 Å². The number of nitrogens with two attached hydrogens (primary N) is 1. The number of pyridine rings is 1. The van der Waals surface area contributed by atoms with Crippen LogP contribution in [0.25, 0.3) is 11.3 Å². The van der Waals surface area contributed by atoms with Gasteiger partial charge < -0.3 is 10.3 Å². The van der Waals surface area contributed by atoms with Crippen LogP contribution in [-0.2, 0) is 6.54 Å². The van der Waals surface area contributed by atoms with Crippen molar-refractivity contribution in [3.63, 3.8) is 0 Å². The summed E-state index contributed by atoms with van der Waals surface area (Å²) in [5.41, 5.74) is 7.75. The van der Waals surface area contributed by atoms with Crippen molar-refractivity contribution < 1.29 is 4.39 Å². The van der Waals surface area contributed by atoms with Crippen molar-refractivity contribution >= 4 is 0 Å². The standard InChI is InChI=1S/C16H19FN2O/c1-3-11(2)19-15(9-6-13(10-18)16(19)20)12-4-7-14(17)8-5-12/h4-9,11H,3,10,18H2,1-2H3. The first-order valence-electron chi connectivity index (χ1n) is 6.79. The van der Waals surface area contributed by atoms with Gasteiger partial charge in [-0.1, -0.05) is 13.0 Å². The van der Waals surface area contributed by atoms with Crippen molar-refractivity contribution in [2.75, 3.05) is 0 Å². The van der Waals surface area contributed by atoms with E-state index in [0.717, 1.165) is 17.7 Å². The molecule has 0 radical (unpaired) electrons. The molecule has 0 aliphatic rings. The van der Waals surface area contributed by atoms with E-state index < -0.39 is 0 Å². The third-order valence-corrected chi connectivity index (χ3v) is 3.59. The van der Waals surface area contributed by atoms with Crippen LogP contribution in [0.1, 0.15) is 31.9 Å². The van der Waals surface area contributed by atoms with Crippen molar-refractivity contribution in [2.45, 2.75) is 32.9 Å². The van der Waals surface area contributed by atoms with Gasteiger partial charge in [-0.15, -0.1) is 0 Å². The van der Waals surface area contributed by atoms with E-state index >= 15 is 0 Å². The van der Waals surface area contributed by atoms with E-state index in [0.29, 0.717) is 5.56 Å². The third kappa shape index (κ3) is 2.65. The predicted molar refractivity (Wildman–Crippen MR) is 79.0 cm³/mol. The second-order valence-corrected chi connectivity index (χ2v) is 4.89. The Morgan fingerprint density at radius 3 is 2.40 bits per heavy atom. The van der Waals surface area contributed by atoms with Crippen molar-refractivity contribution in [1.29, 1.82) is 0 Å². The lowest BCUT2D eigenvalue weighted by Crippen LogP contribution is -2.28. The van der Waals surface area contributed by atoms with Crippen LogP contribution in [0.4, 0.5) is 4.39 Å². The smallest absolute Gasteiger partial charge is 0.255 e. The second kappa shape index (κ2) is 6.01. The normalized spacial score (nSPS) is 12.4. The van der Waals surface area contributed by atoms with Gasteiger partial charge in [0.25, 0.3) is 5.56 Å². The molecule has 1 unspecified atom stereocenters. The molecule has 0 saturated heterocycles. The van der Waals surface area contributed by atoms with Crippen LogP contribution in [0.5, 0.6) is 0 Å². The number of hydrogen-bond donors (Lipinski definition) is 1. The molecule has 106 valence electrons. The first kappa shape index (κ1) is 14.5. The highest BCUT2D eigenvalue weighted by atomic mass is 19.1. The molecule has 2 rings (SSSR count). The average molecular weight is 274 g/mol. The molecule has 4 heteroatoms. The SMILES string of the molecule is CCC(C)n1c(-c2ccc(F)cc2)ccc(CN)c1=O. The lowest BCUT2D eigenvalue weighted by Gasteiger charge is -2.19. The van der Waals surface area contributed by atoms with E-state index in [-0.39, 0.29) is 24.0 Å². The van der Waals surface area contributed by atoms with E-state index in [1.165, 1.54) is 12.1 Å². The van der Waals surface area contributed by atoms with Gasteiger partial charge in [0.05, 0.1) is 5.69 Å². The average Bonchev–Trinajstić information content (AvgIpc) is 2.47. The number of hydrogen-bond acceptors (Lipinski definition) is 2. The Hall–Kier alpha value is -1.94. The minimum Gasteiger partial charge on any atom is -0.326 e. The fourth-order valence-electron chi connectivity index (χ4n) is 2.23. The summed E-state index contributed by atoms with van der Waals surface area (Å²) in [6, 6.07) is 9.86. The van der Waals surface area contributed by atoms with Crippen LogP contribution in [0.3, 0.4) is 0 Å². The zero-order chi connectivity index (χ0) is 14.7. The molecule has 1 aromatic carbocycles. The molecule has 3 nitrogen and oxygen atoms in total. The van der Waals surface area contributed by atoms with Gasteiger partial charge in [-0.2, -0.15) is 0 Å². The summed E-state index contributed by atoms with van der Waals surface area (Å²) in [6.45, 7) is 4.24. The number of rotatable bonds is 4. The summed E-state index contributed by atoms with van der Waals surface area (Å²) in [4.78, 5) is 12.5. The highest BCUT2D eigenvalue weighted by molar-refractivity contribution is 5.60. The molecule has 0 saturated carbocycles. The summed E-state index contributed by atoms with van der Waals surface area (Å²) < 4.78 is 14.8. The molecule has 0 spiro atoms. The Labute approximate surface area is 117 Å². The quantitative estimate of drug-likeness (QED) is 0.931. The highest BCUT2D eigenvalue weighted by Crippen LogP contribution is 2.23. The lowest BCUT2D eigenvalue weighted by atomic mass is 10.1. The highest BCUT2D eigenvalue weighted by Gasteiger charge is 2.14. The van der Waals surface area contributed by atoms with Crippen molar-refractivity contribution in [3.05, 3.63) is 58.1 Å². The maximum absolute atomic E-state index is 13.0. The van der Waals surface area contributed by atoms with Crippen LogP contribution in [0.2, 0.25) is 0 Å². The van der Waals surface area contributed by atoms with Gasteiger partial charge in [-0.25, -0.2) is 4.39 Å². The van der Waals surface area contributed by atoms with E-state index in [1.54, 1.807) is 22.8 Å². The molecule has 0 bridgehead atoms. The molecule has 1 atom stereocenters. The number of nitrogens with zero attached hydrogens (tertiary/aromatic N) is 1. The van der Waals surface area contributed by atoms with Crippen LogP contribution in [0.15, 0.2) is 41.2 Å². The van der Waals surface area contributed by atoms with Gasteiger partial charge in [-0.05, 0) is 49.2 Å². The van der Waals surface area contributed by atoms with Crippen molar-refractivity contribution in [3.8, 4) is 11.3 Å². The van der Waals surface area contributed by atoms with Crippen molar-refractivity contribution in [2.24, 2.45) is 5.73 Å². The fraction of sp³-hybridized carbons (Fsp3) is 0.312. The minimum absolute atomic E-state index is 0.0639. The number of benzene rings is 1. The third-order valence-electron chi connectivity index (χ3n) is 3.59. The van der Waals surface area contributed by atoms with Gasteiger partial charge in [-0.3, -0.25) is 4.79 Å². The van der Waals surface area contributed by atoms with Gasteiger partial charge in [0.1, 0.15) is 5.82 Å². The Balaban J connectivity index is 2.66. The predicted octanol–water partition coefficient (Wildman–Crippen LogP) is 3.08. The van der Waals surface area contributed by atoms with E-state index in [4.69, 9.17) is 5.73 Å². The topological polar surface area (TPSA) is 48.0 Å². The maximum Gasteiger partial charge on any atom is 0.255 e. The van der Waals surface area contributed by atoms with Crippen LogP contribution >= 0.6 is 0 Å². The largest absolute Gasteiger partial charge is 0.326 e. The minimum atomic E-state index is -0.287. The Kier molecular flexibility index (Phi) is 4.35. The lowest BCUT2D eigenvalue weighted by molar-refractivity contribution is 0.516. The first-order valence-corrected chi connectivity index (χ1v) is 6.79. The van der Waals surface area contributed by atoms with Gasteiger partial charge >= 0.3 is 0 Å². The maximum atomic E-state index is 13.0. The summed E-state index contributed by atoms with van der Waals surface area (Å²) in [6.07, 6.45) is 0.835. The summed E-state index contributed by atoms with van der Waals surface area (Å²) in [5.74, 6) is -0.287. The summed E-state index contributed by atoms with van der Waals surface area (Å²) in [5, 5.41) is 0. The Bertz CT molecular complexity index is 647. The number of halogens is 1. The molecule has 20 heavy (non-hydrogen) atoms. The summed E-state index contributed by atoms with van der Waals surface area (Å²) in [7, 11) is 0. The van der Waals surface area contributed by atoms with Crippen LogP contribution in [-0.4, -0.2) is 4.57 Å². The molecular weight excluding hydrogens is 255 g/mol. The molecule has 0 amide bonds. The Morgan fingerprint density at radius 1 is 1.20 bits per heavy atom. The molecule has 2 N–H and O–H groups in total. The molecule has 2 aromatic rings. The Morgan fingerprint density at radius 2 is 1.85 bits per heavy atom. The summed E-state index contributed by atoms with van der Waals surface area (Å²) >= 11 is 0. The molecular formula is C16H19FN2O.